The van der Waals surface area contributed by atoms with E-state index in [1.165, 1.54) is 7.05 Å². The summed E-state index contributed by atoms with van der Waals surface area (Å²) in [5.41, 5.74) is 9.89. The molecule has 0 aliphatic carbocycles. The molecule has 1 aromatic carbocycles. The average Bonchev–Trinajstić information content (AvgIpc) is 2.37. The number of primary amides is 1. The molecule has 1 rings (SSSR count). The maximum atomic E-state index is 12.4. The molecule has 0 saturated carbocycles. The molecule has 0 aliphatic heterocycles. The molecule has 1 aromatic rings. The summed E-state index contributed by atoms with van der Waals surface area (Å²) in [5, 5.41) is 0. The van der Waals surface area contributed by atoms with Crippen LogP contribution in [-0.2, 0) is 4.79 Å². The molecular formula is C13H20F2N2O2. The van der Waals surface area contributed by atoms with Gasteiger partial charge in [0, 0.05) is 12.0 Å². The fraction of sp³-hybridized carbons (Fsp3) is 0.385. The zero-order chi connectivity index (χ0) is 15.4. The zero-order valence-electron chi connectivity index (χ0n) is 11.4. The number of hydrogen-bond acceptors (Lipinski definition) is 3. The molecule has 0 fully saturated rings. The van der Waals surface area contributed by atoms with Crippen LogP contribution >= 0.6 is 0 Å². The fourth-order valence-electron chi connectivity index (χ4n) is 1.04. The Balaban J connectivity index is 0. The predicted octanol–water partition coefficient (Wildman–Crippen LogP) is 1.93. The first-order valence-electron chi connectivity index (χ1n) is 5.69. The number of aldehydes is 1. The summed E-state index contributed by atoms with van der Waals surface area (Å²) in [6.45, 7) is 3.47. The number of aryl methyl sites for hydroxylation is 1. The lowest BCUT2D eigenvalue weighted by Crippen LogP contribution is -2.08. The van der Waals surface area contributed by atoms with E-state index >= 15 is 0 Å². The highest BCUT2D eigenvalue weighted by molar-refractivity contribution is 5.77. The lowest BCUT2D eigenvalue weighted by Gasteiger charge is -1.97. The van der Waals surface area contributed by atoms with Gasteiger partial charge in [0.05, 0.1) is 0 Å². The zero-order valence-corrected chi connectivity index (χ0v) is 11.4. The highest BCUT2D eigenvalue weighted by Gasteiger charge is 2.04. The molecule has 0 spiro atoms. The van der Waals surface area contributed by atoms with Gasteiger partial charge in [0.1, 0.15) is 6.29 Å². The SMILES string of the molecule is CCCC(N)=O.CN.Cc1cc(F)c(F)cc1C=O. The van der Waals surface area contributed by atoms with Crippen molar-refractivity contribution < 1.29 is 18.4 Å². The Morgan fingerprint density at radius 2 is 1.74 bits per heavy atom. The van der Waals surface area contributed by atoms with Gasteiger partial charge >= 0.3 is 0 Å². The number of benzene rings is 1. The van der Waals surface area contributed by atoms with Crippen molar-refractivity contribution >= 4 is 12.2 Å². The van der Waals surface area contributed by atoms with Crippen LogP contribution in [0.15, 0.2) is 12.1 Å². The van der Waals surface area contributed by atoms with E-state index in [-0.39, 0.29) is 11.5 Å². The second kappa shape index (κ2) is 11.3. The largest absolute Gasteiger partial charge is 0.370 e. The Kier molecular flexibility index (Phi) is 11.6. The van der Waals surface area contributed by atoms with Gasteiger partial charge in [0.25, 0.3) is 0 Å². The van der Waals surface area contributed by atoms with Gasteiger partial charge in [0.15, 0.2) is 11.6 Å². The Morgan fingerprint density at radius 3 is 2.05 bits per heavy atom. The first-order valence-corrected chi connectivity index (χ1v) is 5.69. The second-order valence-corrected chi connectivity index (χ2v) is 3.46. The van der Waals surface area contributed by atoms with E-state index in [9.17, 15) is 18.4 Å². The minimum absolute atomic E-state index is 0.184. The smallest absolute Gasteiger partial charge is 0.217 e. The van der Waals surface area contributed by atoms with Crippen molar-refractivity contribution in [2.75, 3.05) is 7.05 Å². The molecule has 108 valence electrons. The summed E-state index contributed by atoms with van der Waals surface area (Å²) in [6.07, 6.45) is 1.87. The van der Waals surface area contributed by atoms with Crippen molar-refractivity contribution in [1.29, 1.82) is 0 Å². The summed E-state index contributed by atoms with van der Waals surface area (Å²) in [4.78, 5) is 20.0. The summed E-state index contributed by atoms with van der Waals surface area (Å²) < 4.78 is 24.8. The lowest BCUT2D eigenvalue weighted by atomic mass is 10.1. The van der Waals surface area contributed by atoms with Crippen LogP contribution in [0, 0.1) is 18.6 Å². The number of halogens is 2. The van der Waals surface area contributed by atoms with Gasteiger partial charge in [-0.25, -0.2) is 8.78 Å². The molecule has 4 N–H and O–H groups in total. The highest BCUT2D eigenvalue weighted by atomic mass is 19.2. The van der Waals surface area contributed by atoms with E-state index in [0.29, 0.717) is 18.3 Å². The van der Waals surface area contributed by atoms with E-state index in [1.54, 1.807) is 6.92 Å². The average molecular weight is 274 g/mol. The van der Waals surface area contributed by atoms with Gasteiger partial charge < -0.3 is 11.5 Å². The van der Waals surface area contributed by atoms with Crippen molar-refractivity contribution in [3.8, 4) is 0 Å². The van der Waals surface area contributed by atoms with Crippen LogP contribution in [0.25, 0.3) is 0 Å². The molecule has 0 atom stereocenters. The van der Waals surface area contributed by atoms with Gasteiger partial charge in [-0.15, -0.1) is 0 Å². The first kappa shape index (κ1) is 19.5. The number of nitrogens with two attached hydrogens (primary N) is 2. The normalized spacial score (nSPS) is 8.53. The van der Waals surface area contributed by atoms with Crippen LogP contribution in [0.3, 0.4) is 0 Å². The fourth-order valence-corrected chi connectivity index (χ4v) is 1.04. The molecular weight excluding hydrogens is 254 g/mol. The summed E-state index contributed by atoms with van der Waals surface area (Å²) >= 11 is 0. The lowest BCUT2D eigenvalue weighted by molar-refractivity contribution is -0.118. The van der Waals surface area contributed by atoms with E-state index in [0.717, 1.165) is 18.6 Å². The molecule has 0 aromatic heterocycles. The molecule has 0 unspecified atom stereocenters. The van der Waals surface area contributed by atoms with Crippen LogP contribution in [0.1, 0.15) is 35.7 Å². The summed E-state index contributed by atoms with van der Waals surface area (Å²) in [7, 11) is 1.50. The molecule has 1 amide bonds. The van der Waals surface area contributed by atoms with Crippen LogP contribution in [-0.4, -0.2) is 19.2 Å². The standard InChI is InChI=1S/C8H6F2O.C4H9NO.CH5N/c1-5-2-7(9)8(10)3-6(5)4-11;1-2-3-4(5)6;1-2/h2-4H,1H3;2-3H2,1H3,(H2,5,6);2H2,1H3. The molecule has 4 nitrogen and oxygen atoms in total. The quantitative estimate of drug-likeness (QED) is 0.826. The van der Waals surface area contributed by atoms with Gasteiger partial charge in [-0.1, -0.05) is 6.92 Å². The third-order valence-electron chi connectivity index (χ3n) is 1.93. The third kappa shape index (κ3) is 8.84. The molecule has 0 heterocycles. The number of carbonyl (C=O) groups excluding carboxylic acids is 2. The topological polar surface area (TPSA) is 86.2 Å². The Bertz CT molecular complexity index is 410. The highest BCUT2D eigenvalue weighted by Crippen LogP contribution is 2.11. The summed E-state index contributed by atoms with van der Waals surface area (Å²) in [5.74, 6) is -2.12. The van der Waals surface area contributed by atoms with E-state index in [2.05, 4.69) is 5.73 Å². The molecule has 6 heteroatoms. The molecule has 0 bridgehead atoms. The van der Waals surface area contributed by atoms with E-state index in [4.69, 9.17) is 5.73 Å². The number of amides is 1. The number of hydrogen-bond donors (Lipinski definition) is 2. The third-order valence-corrected chi connectivity index (χ3v) is 1.93. The monoisotopic (exact) mass is 274 g/mol. The van der Waals surface area contributed by atoms with Crippen LogP contribution in [0.2, 0.25) is 0 Å². The van der Waals surface area contributed by atoms with Crippen molar-refractivity contribution in [2.24, 2.45) is 11.5 Å². The Hall–Kier alpha value is -1.82. The van der Waals surface area contributed by atoms with Crippen LogP contribution in [0.4, 0.5) is 8.78 Å². The summed E-state index contributed by atoms with van der Waals surface area (Å²) in [6, 6.07) is 1.89. The Morgan fingerprint density at radius 1 is 1.26 bits per heavy atom. The van der Waals surface area contributed by atoms with Crippen molar-refractivity contribution in [1.82, 2.24) is 0 Å². The van der Waals surface area contributed by atoms with Crippen molar-refractivity contribution in [3.63, 3.8) is 0 Å². The number of rotatable bonds is 3. The predicted molar refractivity (Wildman–Crippen MR) is 70.7 cm³/mol. The molecule has 19 heavy (non-hydrogen) atoms. The van der Waals surface area contributed by atoms with Crippen LogP contribution < -0.4 is 11.5 Å². The minimum Gasteiger partial charge on any atom is -0.370 e. The number of carbonyl (C=O) groups is 2. The van der Waals surface area contributed by atoms with Crippen LogP contribution in [0.5, 0.6) is 0 Å². The minimum atomic E-state index is -0.988. The van der Waals surface area contributed by atoms with Gasteiger partial charge in [-0.05, 0) is 38.1 Å². The van der Waals surface area contributed by atoms with E-state index < -0.39 is 11.6 Å². The van der Waals surface area contributed by atoms with Crippen molar-refractivity contribution in [3.05, 3.63) is 34.9 Å². The molecule has 0 radical (unpaired) electrons. The second-order valence-electron chi connectivity index (χ2n) is 3.46. The van der Waals surface area contributed by atoms with Gasteiger partial charge in [-0.3, -0.25) is 9.59 Å². The van der Waals surface area contributed by atoms with Gasteiger partial charge in [0.2, 0.25) is 5.91 Å². The first-order chi connectivity index (χ1) is 8.92. The maximum absolute atomic E-state index is 12.4. The van der Waals surface area contributed by atoms with Crippen molar-refractivity contribution in [2.45, 2.75) is 26.7 Å². The molecule has 0 saturated heterocycles. The Labute approximate surface area is 111 Å². The van der Waals surface area contributed by atoms with E-state index in [1.807, 2.05) is 6.92 Å². The van der Waals surface area contributed by atoms with Gasteiger partial charge in [-0.2, -0.15) is 0 Å². The molecule has 0 aliphatic rings. The maximum Gasteiger partial charge on any atom is 0.217 e.